The second-order valence-electron chi connectivity index (χ2n) is 5.26. The molecule has 1 amide bonds. The Morgan fingerprint density at radius 2 is 2.00 bits per heavy atom. The van der Waals surface area contributed by atoms with Gasteiger partial charge in [0.1, 0.15) is 5.82 Å². The van der Waals surface area contributed by atoms with E-state index in [0.717, 1.165) is 12.8 Å². The summed E-state index contributed by atoms with van der Waals surface area (Å²) in [5, 5.41) is 3.29. The Morgan fingerprint density at radius 1 is 1.37 bits per heavy atom. The molecule has 2 rings (SSSR count). The highest BCUT2D eigenvalue weighted by Crippen LogP contribution is 2.23. The van der Waals surface area contributed by atoms with Gasteiger partial charge in [-0.3, -0.25) is 4.79 Å². The highest BCUT2D eigenvalue weighted by Gasteiger charge is 2.30. The summed E-state index contributed by atoms with van der Waals surface area (Å²) < 4.78 is 13.9. The molecule has 0 bridgehead atoms. The summed E-state index contributed by atoms with van der Waals surface area (Å²) in [5.74, 6) is -0.492. The standard InChI is InChI=1S/C14H18BrFN2O/c1-14(17-2)3-5-18(6-4-14)13(19)10-7-11(15)9-12(16)8-10/h7-9,17H,3-6H2,1-2H3. The molecule has 1 fully saturated rings. The Balaban J connectivity index is 2.09. The highest BCUT2D eigenvalue weighted by molar-refractivity contribution is 9.10. The number of nitrogens with one attached hydrogen (secondary N) is 1. The topological polar surface area (TPSA) is 32.3 Å². The molecule has 3 nitrogen and oxygen atoms in total. The van der Waals surface area contributed by atoms with Crippen molar-refractivity contribution in [3.8, 4) is 0 Å². The molecule has 1 aromatic carbocycles. The lowest BCUT2D eigenvalue weighted by molar-refractivity contribution is 0.0661. The predicted molar refractivity (Wildman–Crippen MR) is 76.7 cm³/mol. The van der Waals surface area contributed by atoms with E-state index in [-0.39, 0.29) is 11.4 Å². The second-order valence-corrected chi connectivity index (χ2v) is 6.18. The van der Waals surface area contributed by atoms with Crippen molar-refractivity contribution in [3.63, 3.8) is 0 Å². The van der Waals surface area contributed by atoms with Crippen LogP contribution in [0, 0.1) is 5.82 Å². The number of carbonyl (C=O) groups is 1. The van der Waals surface area contributed by atoms with Gasteiger partial charge in [-0.15, -0.1) is 0 Å². The van der Waals surface area contributed by atoms with Crippen LogP contribution in [0.4, 0.5) is 4.39 Å². The zero-order chi connectivity index (χ0) is 14.0. The number of amides is 1. The first-order valence-corrected chi connectivity index (χ1v) is 7.17. The average molecular weight is 329 g/mol. The zero-order valence-corrected chi connectivity index (χ0v) is 12.8. The minimum absolute atomic E-state index is 0.0965. The van der Waals surface area contributed by atoms with Crippen LogP contribution in [0.2, 0.25) is 0 Å². The molecule has 1 aliphatic heterocycles. The van der Waals surface area contributed by atoms with E-state index in [9.17, 15) is 9.18 Å². The van der Waals surface area contributed by atoms with Crippen molar-refractivity contribution in [1.82, 2.24) is 10.2 Å². The molecule has 0 spiro atoms. The molecule has 5 heteroatoms. The van der Waals surface area contributed by atoms with Crippen LogP contribution in [0.15, 0.2) is 22.7 Å². The molecular formula is C14H18BrFN2O. The summed E-state index contributed by atoms with van der Waals surface area (Å²) in [6, 6.07) is 4.31. The number of likely N-dealkylation sites (tertiary alicyclic amines) is 1. The van der Waals surface area contributed by atoms with E-state index >= 15 is 0 Å². The van der Waals surface area contributed by atoms with Crippen LogP contribution in [0.5, 0.6) is 0 Å². The fourth-order valence-corrected chi connectivity index (χ4v) is 2.78. The average Bonchev–Trinajstić information content (AvgIpc) is 2.38. The first kappa shape index (κ1) is 14.5. The molecule has 1 aromatic rings. The lowest BCUT2D eigenvalue weighted by atomic mass is 9.89. The molecular weight excluding hydrogens is 311 g/mol. The maximum absolute atomic E-state index is 13.3. The molecule has 0 aromatic heterocycles. The Labute approximate surface area is 121 Å². The first-order chi connectivity index (χ1) is 8.93. The normalized spacial score (nSPS) is 18.4. The van der Waals surface area contributed by atoms with Gasteiger partial charge in [0, 0.05) is 28.7 Å². The molecule has 1 saturated heterocycles. The first-order valence-electron chi connectivity index (χ1n) is 6.38. The molecule has 0 atom stereocenters. The van der Waals surface area contributed by atoms with E-state index < -0.39 is 5.82 Å². The lowest BCUT2D eigenvalue weighted by Gasteiger charge is -2.39. The van der Waals surface area contributed by atoms with Gasteiger partial charge in [-0.1, -0.05) is 15.9 Å². The van der Waals surface area contributed by atoms with Crippen LogP contribution in [0.3, 0.4) is 0 Å². The van der Waals surface area contributed by atoms with E-state index in [1.54, 1.807) is 11.0 Å². The van der Waals surface area contributed by atoms with Crippen molar-refractivity contribution in [2.75, 3.05) is 20.1 Å². The number of hydrogen-bond acceptors (Lipinski definition) is 2. The van der Waals surface area contributed by atoms with Gasteiger partial charge in [-0.2, -0.15) is 0 Å². The van der Waals surface area contributed by atoms with Crippen LogP contribution < -0.4 is 5.32 Å². The number of rotatable bonds is 2. The lowest BCUT2D eigenvalue weighted by Crippen LogP contribution is -2.51. The number of carbonyl (C=O) groups excluding carboxylic acids is 1. The number of piperidine rings is 1. The molecule has 0 unspecified atom stereocenters. The summed E-state index contributed by atoms with van der Waals surface area (Å²) in [6.45, 7) is 3.56. The fourth-order valence-electron chi connectivity index (χ4n) is 2.31. The summed E-state index contributed by atoms with van der Waals surface area (Å²) in [5.41, 5.74) is 0.499. The number of halogens is 2. The van der Waals surface area contributed by atoms with Crippen LogP contribution in [0.25, 0.3) is 0 Å². The summed E-state index contributed by atoms with van der Waals surface area (Å²) in [6.07, 6.45) is 1.82. The SMILES string of the molecule is CNC1(C)CCN(C(=O)c2cc(F)cc(Br)c2)CC1. The van der Waals surface area contributed by atoms with Crippen molar-refractivity contribution >= 4 is 21.8 Å². The summed E-state index contributed by atoms with van der Waals surface area (Å²) >= 11 is 3.21. The fraction of sp³-hybridized carbons (Fsp3) is 0.500. The third-order valence-electron chi connectivity index (χ3n) is 3.87. The van der Waals surface area contributed by atoms with Gasteiger partial charge in [0.15, 0.2) is 0 Å². The zero-order valence-electron chi connectivity index (χ0n) is 11.2. The highest BCUT2D eigenvalue weighted by atomic mass is 79.9. The molecule has 1 N–H and O–H groups in total. The van der Waals surface area contributed by atoms with Gasteiger partial charge in [0.25, 0.3) is 5.91 Å². The van der Waals surface area contributed by atoms with Crippen molar-refractivity contribution in [2.45, 2.75) is 25.3 Å². The Bertz CT molecular complexity index is 464. The largest absolute Gasteiger partial charge is 0.339 e. The van der Waals surface area contributed by atoms with Crippen LogP contribution in [-0.4, -0.2) is 36.5 Å². The van der Waals surface area contributed by atoms with Gasteiger partial charge >= 0.3 is 0 Å². The third-order valence-corrected chi connectivity index (χ3v) is 4.33. The quantitative estimate of drug-likeness (QED) is 0.905. The molecule has 0 radical (unpaired) electrons. The van der Waals surface area contributed by atoms with Gasteiger partial charge in [0.05, 0.1) is 0 Å². The van der Waals surface area contributed by atoms with E-state index in [2.05, 4.69) is 28.2 Å². The van der Waals surface area contributed by atoms with E-state index in [0.29, 0.717) is 23.1 Å². The van der Waals surface area contributed by atoms with Gasteiger partial charge in [0.2, 0.25) is 0 Å². The van der Waals surface area contributed by atoms with Crippen molar-refractivity contribution < 1.29 is 9.18 Å². The Hall–Kier alpha value is -0.940. The number of nitrogens with zero attached hydrogens (tertiary/aromatic N) is 1. The molecule has 1 aliphatic rings. The minimum Gasteiger partial charge on any atom is -0.339 e. The van der Waals surface area contributed by atoms with Crippen LogP contribution in [0.1, 0.15) is 30.1 Å². The van der Waals surface area contributed by atoms with E-state index in [1.807, 2.05) is 7.05 Å². The van der Waals surface area contributed by atoms with Crippen molar-refractivity contribution in [3.05, 3.63) is 34.1 Å². The third kappa shape index (κ3) is 3.34. The number of benzene rings is 1. The summed E-state index contributed by atoms with van der Waals surface area (Å²) in [4.78, 5) is 14.1. The minimum atomic E-state index is -0.394. The molecule has 0 aliphatic carbocycles. The maximum atomic E-state index is 13.3. The monoisotopic (exact) mass is 328 g/mol. The van der Waals surface area contributed by atoms with Gasteiger partial charge in [-0.25, -0.2) is 4.39 Å². The van der Waals surface area contributed by atoms with E-state index in [1.165, 1.54) is 12.1 Å². The maximum Gasteiger partial charge on any atom is 0.253 e. The molecule has 19 heavy (non-hydrogen) atoms. The van der Waals surface area contributed by atoms with Crippen molar-refractivity contribution in [1.29, 1.82) is 0 Å². The predicted octanol–water partition coefficient (Wildman–Crippen LogP) is 2.80. The Morgan fingerprint density at radius 3 is 2.53 bits per heavy atom. The second kappa shape index (κ2) is 5.59. The van der Waals surface area contributed by atoms with Gasteiger partial charge in [-0.05, 0) is 45.0 Å². The number of hydrogen-bond donors (Lipinski definition) is 1. The van der Waals surface area contributed by atoms with Crippen molar-refractivity contribution in [2.24, 2.45) is 0 Å². The molecule has 104 valence electrons. The molecule has 0 saturated carbocycles. The van der Waals surface area contributed by atoms with Gasteiger partial charge < -0.3 is 10.2 Å². The smallest absolute Gasteiger partial charge is 0.253 e. The molecule has 1 heterocycles. The van der Waals surface area contributed by atoms with E-state index in [4.69, 9.17) is 0 Å². The Kier molecular flexibility index (Phi) is 4.26. The van der Waals surface area contributed by atoms with Crippen LogP contribution in [-0.2, 0) is 0 Å². The van der Waals surface area contributed by atoms with Crippen LogP contribution >= 0.6 is 15.9 Å². The summed E-state index contributed by atoms with van der Waals surface area (Å²) in [7, 11) is 1.95.